The van der Waals surface area contributed by atoms with Gasteiger partial charge in [-0.3, -0.25) is 4.79 Å². The molecule has 0 radical (unpaired) electrons. The third-order valence-corrected chi connectivity index (χ3v) is 4.78. The Labute approximate surface area is 154 Å². The van der Waals surface area contributed by atoms with Crippen molar-refractivity contribution in [2.24, 2.45) is 0 Å². The lowest BCUT2D eigenvalue weighted by atomic mass is 10.1. The van der Waals surface area contributed by atoms with E-state index in [1.165, 1.54) is 31.0 Å². The van der Waals surface area contributed by atoms with Gasteiger partial charge in [0.1, 0.15) is 12.4 Å². The van der Waals surface area contributed by atoms with Gasteiger partial charge in [-0.1, -0.05) is 18.2 Å². The third kappa shape index (κ3) is 5.05. The summed E-state index contributed by atoms with van der Waals surface area (Å²) in [6, 6.07) is 14.7. The Balaban J connectivity index is 1.50. The van der Waals surface area contributed by atoms with Gasteiger partial charge in [-0.15, -0.1) is 0 Å². The molecule has 1 atom stereocenters. The van der Waals surface area contributed by atoms with Gasteiger partial charge in [0.15, 0.2) is 6.54 Å². The molecule has 1 saturated heterocycles. The number of quaternary nitrogens is 1. The molecule has 3 rings (SSSR count). The second-order valence-electron chi connectivity index (χ2n) is 7.04. The van der Waals surface area contributed by atoms with E-state index in [0.717, 1.165) is 23.7 Å². The molecule has 2 aromatic rings. The average Bonchev–Trinajstić information content (AvgIpc) is 2.65. The molecule has 1 unspecified atom stereocenters. The molecule has 0 saturated carbocycles. The van der Waals surface area contributed by atoms with E-state index in [9.17, 15) is 9.18 Å². The Kier molecular flexibility index (Phi) is 6.23. The van der Waals surface area contributed by atoms with Gasteiger partial charge >= 0.3 is 0 Å². The topological polar surface area (TPSA) is 36.8 Å². The van der Waals surface area contributed by atoms with Crippen molar-refractivity contribution in [2.45, 2.75) is 25.8 Å². The number of halogens is 1. The first kappa shape index (κ1) is 18.4. The smallest absolute Gasteiger partial charge is 0.279 e. The molecule has 4 nitrogen and oxygen atoms in total. The highest BCUT2D eigenvalue weighted by Crippen LogP contribution is 2.21. The van der Waals surface area contributed by atoms with Crippen LogP contribution in [0.2, 0.25) is 0 Å². The first-order valence-corrected chi connectivity index (χ1v) is 9.31. The number of carbonyl (C=O) groups excluding carboxylic acids is 1. The number of piperidine rings is 1. The normalized spacial score (nSPS) is 15.5. The number of rotatable bonds is 6. The van der Waals surface area contributed by atoms with Gasteiger partial charge in [0.2, 0.25) is 0 Å². The molecule has 26 heavy (non-hydrogen) atoms. The number of nitrogens with one attached hydrogen (secondary N) is 2. The zero-order valence-corrected chi connectivity index (χ0v) is 15.3. The van der Waals surface area contributed by atoms with Gasteiger partial charge in [0.25, 0.3) is 5.91 Å². The second kappa shape index (κ2) is 8.81. The summed E-state index contributed by atoms with van der Waals surface area (Å²) in [6.45, 7) is 2.99. The molecule has 0 aliphatic carbocycles. The van der Waals surface area contributed by atoms with Crippen LogP contribution in [0.3, 0.4) is 0 Å². The maximum Gasteiger partial charge on any atom is 0.279 e. The summed E-state index contributed by atoms with van der Waals surface area (Å²) in [7, 11) is 1.89. The maximum absolute atomic E-state index is 13.7. The highest BCUT2D eigenvalue weighted by atomic mass is 19.1. The third-order valence-electron chi connectivity index (χ3n) is 4.78. The van der Waals surface area contributed by atoms with Crippen molar-refractivity contribution in [1.29, 1.82) is 0 Å². The molecule has 0 spiro atoms. The van der Waals surface area contributed by atoms with Crippen molar-refractivity contribution >= 4 is 17.3 Å². The van der Waals surface area contributed by atoms with Crippen molar-refractivity contribution < 1.29 is 14.1 Å². The van der Waals surface area contributed by atoms with Crippen molar-refractivity contribution in [1.82, 2.24) is 0 Å². The number of hydrogen-bond donors (Lipinski definition) is 2. The van der Waals surface area contributed by atoms with Crippen LogP contribution in [0.1, 0.15) is 24.8 Å². The van der Waals surface area contributed by atoms with Crippen LogP contribution in [0.5, 0.6) is 0 Å². The van der Waals surface area contributed by atoms with Gasteiger partial charge in [-0.2, -0.15) is 0 Å². The fourth-order valence-corrected chi connectivity index (χ4v) is 3.42. The standard InChI is InChI=1S/C21H26FN3O/c1-24(15-17-7-3-4-8-20(17)22)16-21(26)23-18-9-11-19(12-10-18)25-13-5-2-6-14-25/h3-4,7-12H,2,5-6,13-16H2,1H3,(H,23,26)/p+1. The monoisotopic (exact) mass is 356 g/mol. The van der Waals surface area contributed by atoms with Crippen molar-refractivity contribution in [3.05, 3.63) is 59.9 Å². The highest BCUT2D eigenvalue weighted by Gasteiger charge is 2.14. The van der Waals surface area contributed by atoms with E-state index in [1.54, 1.807) is 12.1 Å². The maximum atomic E-state index is 13.7. The molecule has 1 aliphatic heterocycles. The molecule has 0 bridgehead atoms. The van der Waals surface area contributed by atoms with E-state index in [4.69, 9.17) is 0 Å². The quantitative estimate of drug-likeness (QED) is 0.834. The fraction of sp³-hybridized carbons (Fsp3) is 0.381. The number of likely N-dealkylation sites (N-methyl/N-ethyl adjacent to an activating group) is 1. The lowest BCUT2D eigenvalue weighted by Crippen LogP contribution is -3.08. The molecule has 0 aromatic heterocycles. The van der Waals surface area contributed by atoms with E-state index in [0.29, 0.717) is 18.7 Å². The van der Waals surface area contributed by atoms with Gasteiger partial charge in [0.05, 0.1) is 7.05 Å². The van der Waals surface area contributed by atoms with Crippen LogP contribution in [0.4, 0.5) is 15.8 Å². The number of nitrogens with zero attached hydrogens (tertiary/aromatic N) is 1. The van der Waals surface area contributed by atoms with Crippen molar-refractivity contribution in [2.75, 3.05) is 36.9 Å². The number of carbonyl (C=O) groups is 1. The number of benzene rings is 2. The Hall–Kier alpha value is -2.40. The highest BCUT2D eigenvalue weighted by molar-refractivity contribution is 5.91. The average molecular weight is 356 g/mol. The molecule has 2 aromatic carbocycles. The van der Waals surface area contributed by atoms with Crippen LogP contribution in [-0.2, 0) is 11.3 Å². The lowest BCUT2D eigenvalue weighted by molar-refractivity contribution is -0.885. The molecule has 5 heteroatoms. The van der Waals surface area contributed by atoms with Gasteiger partial charge < -0.3 is 15.1 Å². The summed E-state index contributed by atoms with van der Waals surface area (Å²) < 4.78 is 13.7. The summed E-state index contributed by atoms with van der Waals surface area (Å²) in [5.41, 5.74) is 2.64. The predicted molar refractivity (Wildman–Crippen MR) is 103 cm³/mol. The summed E-state index contributed by atoms with van der Waals surface area (Å²) in [4.78, 5) is 15.6. The first-order valence-electron chi connectivity index (χ1n) is 9.31. The molecular formula is C21H27FN3O+. The first-order chi connectivity index (χ1) is 12.6. The molecular weight excluding hydrogens is 329 g/mol. The minimum atomic E-state index is -0.222. The summed E-state index contributed by atoms with van der Waals surface area (Å²) in [5, 5.41) is 2.93. The zero-order valence-electron chi connectivity index (χ0n) is 15.3. The summed E-state index contributed by atoms with van der Waals surface area (Å²) >= 11 is 0. The fourth-order valence-electron chi connectivity index (χ4n) is 3.42. The van der Waals surface area contributed by atoms with Crippen LogP contribution in [-0.4, -0.2) is 32.6 Å². The summed E-state index contributed by atoms with van der Waals surface area (Å²) in [6.07, 6.45) is 3.80. The van der Waals surface area contributed by atoms with Gasteiger partial charge in [0, 0.05) is 30.0 Å². The van der Waals surface area contributed by atoms with Crippen molar-refractivity contribution in [3.8, 4) is 0 Å². The lowest BCUT2D eigenvalue weighted by Gasteiger charge is -2.28. The van der Waals surface area contributed by atoms with Crippen molar-refractivity contribution in [3.63, 3.8) is 0 Å². The molecule has 1 aliphatic rings. The van der Waals surface area contributed by atoms with Crippen LogP contribution >= 0.6 is 0 Å². The van der Waals surface area contributed by atoms with Gasteiger partial charge in [-0.25, -0.2) is 4.39 Å². The van der Waals surface area contributed by atoms with Crippen LogP contribution in [0.25, 0.3) is 0 Å². The minimum absolute atomic E-state index is 0.0652. The number of anilines is 2. The van der Waals surface area contributed by atoms with E-state index < -0.39 is 0 Å². The predicted octanol–water partition coefficient (Wildman–Crippen LogP) is 2.47. The van der Waals surface area contributed by atoms with E-state index in [2.05, 4.69) is 22.3 Å². The van der Waals surface area contributed by atoms with Gasteiger partial charge in [-0.05, 0) is 49.6 Å². The molecule has 1 amide bonds. The Morgan fingerprint density at radius 2 is 1.77 bits per heavy atom. The van der Waals surface area contributed by atoms with Crippen LogP contribution < -0.4 is 15.1 Å². The minimum Gasteiger partial charge on any atom is -0.372 e. The molecule has 1 heterocycles. The summed E-state index contributed by atoms with van der Waals surface area (Å²) in [5.74, 6) is -0.287. The largest absolute Gasteiger partial charge is 0.372 e. The van der Waals surface area contributed by atoms with Crippen LogP contribution in [0.15, 0.2) is 48.5 Å². The Morgan fingerprint density at radius 1 is 1.08 bits per heavy atom. The number of amides is 1. The SMILES string of the molecule is C[NH+](CC(=O)Nc1ccc(N2CCCCC2)cc1)Cc1ccccc1F. The van der Waals surface area contributed by atoms with Crippen LogP contribution in [0, 0.1) is 5.82 Å². The molecule has 1 fully saturated rings. The molecule has 138 valence electrons. The van der Waals surface area contributed by atoms with E-state index in [1.807, 2.05) is 25.2 Å². The zero-order chi connectivity index (χ0) is 18.4. The van der Waals surface area contributed by atoms with E-state index >= 15 is 0 Å². The molecule has 2 N–H and O–H groups in total. The Bertz CT molecular complexity index is 726. The second-order valence-corrected chi connectivity index (χ2v) is 7.04. The van der Waals surface area contributed by atoms with E-state index in [-0.39, 0.29) is 11.7 Å². The Morgan fingerprint density at radius 3 is 2.46 bits per heavy atom. The number of hydrogen-bond acceptors (Lipinski definition) is 2.